The smallest absolute Gasteiger partial charge is 0.234 e. The van der Waals surface area contributed by atoms with Crippen molar-refractivity contribution in [3.8, 4) is 0 Å². The van der Waals surface area contributed by atoms with Crippen LogP contribution in [-0.4, -0.2) is 11.7 Å². The van der Waals surface area contributed by atoms with Crippen LogP contribution < -0.4 is 11.1 Å². The van der Waals surface area contributed by atoms with Crippen LogP contribution in [0.3, 0.4) is 0 Å². The van der Waals surface area contributed by atoms with Crippen LogP contribution in [0.15, 0.2) is 41.3 Å². The van der Waals surface area contributed by atoms with Gasteiger partial charge >= 0.3 is 0 Å². The number of nitrogens with two attached hydrogens (primary N) is 1. The van der Waals surface area contributed by atoms with Crippen molar-refractivity contribution in [1.29, 1.82) is 0 Å². The van der Waals surface area contributed by atoms with Crippen molar-refractivity contribution in [3.05, 3.63) is 53.1 Å². The van der Waals surface area contributed by atoms with Crippen LogP contribution in [0, 0.1) is 11.6 Å². The quantitative estimate of drug-likeness (QED) is 0.660. The summed E-state index contributed by atoms with van der Waals surface area (Å²) in [4.78, 5) is 12.5. The average molecular weight is 329 g/mol. The Balaban J connectivity index is 1.97. The number of para-hydroxylation sites is 1. The minimum Gasteiger partial charge on any atom is -0.398 e. The normalized spacial score (nSPS) is 10.4. The van der Waals surface area contributed by atoms with Crippen LogP contribution >= 0.6 is 23.4 Å². The van der Waals surface area contributed by atoms with Gasteiger partial charge in [0.15, 0.2) is 0 Å². The van der Waals surface area contributed by atoms with Crippen molar-refractivity contribution >= 4 is 40.6 Å². The third kappa shape index (κ3) is 4.09. The van der Waals surface area contributed by atoms with Crippen LogP contribution in [0.1, 0.15) is 0 Å². The Bertz CT molecular complexity index is 662. The standard InChI is InChI=1S/C14H11ClF2N2OS/c15-9-6-8(4-5-12(9)18)21-7-13(20)19-14-10(16)2-1-3-11(14)17/h1-6H,7,18H2,(H,19,20). The molecule has 21 heavy (non-hydrogen) atoms. The van der Waals surface area contributed by atoms with Gasteiger partial charge in [-0.25, -0.2) is 8.78 Å². The van der Waals surface area contributed by atoms with E-state index in [-0.39, 0.29) is 5.75 Å². The minimum atomic E-state index is -0.816. The number of anilines is 2. The number of hydrogen-bond acceptors (Lipinski definition) is 3. The maximum Gasteiger partial charge on any atom is 0.234 e. The van der Waals surface area contributed by atoms with Crippen molar-refractivity contribution < 1.29 is 13.6 Å². The second-order valence-electron chi connectivity index (χ2n) is 4.12. The molecule has 0 radical (unpaired) electrons. The van der Waals surface area contributed by atoms with Crippen molar-refractivity contribution in [2.45, 2.75) is 4.90 Å². The molecule has 0 aliphatic rings. The highest BCUT2D eigenvalue weighted by Gasteiger charge is 2.12. The fourth-order valence-corrected chi connectivity index (χ4v) is 2.52. The number of carbonyl (C=O) groups excluding carboxylic acids is 1. The summed E-state index contributed by atoms with van der Waals surface area (Å²) in [5.74, 6) is -2.15. The molecule has 0 bridgehead atoms. The second kappa shape index (κ2) is 6.78. The highest BCUT2D eigenvalue weighted by Crippen LogP contribution is 2.26. The van der Waals surface area contributed by atoms with Crippen LogP contribution in [0.5, 0.6) is 0 Å². The lowest BCUT2D eigenvalue weighted by molar-refractivity contribution is -0.113. The van der Waals surface area contributed by atoms with E-state index >= 15 is 0 Å². The molecule has 0 spiro atoms. The Morgan fingerprint density at radius 1 is 1.24 bits per heavy atom. The molecule has 3 N–H and O–H groups in total. The molecule has 1 amide bonds. The number of carbonyl (C=O) groups is 1. The van der Waals surface area contributed by atoms with Gasteiger partial charge in [0.25, 0.3) is 0 Å². The van der Waals surface area contributed by atoms with Crippen LogP contribution in [0.2, 0.25) is 5.02 Å². The van der Waals surface area contributed by atoms with Gasteiger partial charge in [-0.05, 0) is 30.3 Å². The topological polar surface area (TPSA) is 55.1 Å². The molecule has 0 aromatic heterocycles. The van der Waals surface area contributed by atoms with E-state index in [0.29, 0.717) is 10.7 Å². The maximum atomic E-state index is 13.4. The van der Waals surface area contributed by atoms with Gasteiger partial charge in [0.05, 0.1) is 16.5 Å². The Morgan fingerprint density at radius 2 is 1.90 bits per heavy atom. The predicted octanol–water partition coefficient (Wildman–Crippen LogP) is 3.93. The van der Waals surface area contributed by atoms with E-state index in [0.717, 1.165) is 17.0 Å². The molecule has 110 valence electrons. The van der Waals surface area contributed by atoms with Crippen molar-refractivity contribution in [1.82, 2.24) is 0 Å². The van der Waals surface area contributed by atoms with Crippen LogP contribution in [0.25, 0.3) is 0 Å². The van der Waals surface area contributed by atoms with Gasteiger partial charge in [0.1, 0.15) is 17.3 Å². The third-order valence-electron chi connectivity index (χ3n) is 2.57. The molecule has 0 heterocycles. The summed E-state index contributed by atoms with van der Waals surface area (Å²) in [7, 11) is 0. The number of nitrogen functional groups attached to an aromatic ring is 1. The summed E-state index contributed by atoms with van der Waals surface area (Å²) in [5.41, 5.74) is 5.57. The first-order chi connectivity index (χ1) is 9.97. The van der Waals surface area contributed by atoms with E-state index in [1.54, 1.807) is 18.2 Å². The zero-order chi connectivity index (χ0) is 15.4. The van der Waals surface area contributed by atoms with E-state index in [4.69, 9.17) is 17.3 Å². The molecule has 0 unspecified atom stereocenters. The summed E-state index contributed by atoms with van der Waals surface area (Å²) in [6.07, 6.45) is 0. The third-order valence-corrected chi connectivity index (χ3v) is 3.89. The van der Waals surface area contributed by atoms with Gasteiger partial charge in [0, 0.05) is 4.90 Å². The molecule has 0 saturated carbocycles. The number of halogens is 3. The largest absolute Gasteiger partial charge is 0.398 e. The fourth-order valence-electron chi connectivity index (χ4n) is 1.54. The molecule has 0 aliphatic carbocycles. The maximum absolute atomic E-state index is 13.4. The molecule has 3 nitrogen and oxygen atoms in total. The Labute approximate surface area is 129 Å². The van der Waals surface area contributed by atoms with Crippen LogP contribution in [-0.2, 0) is 4.79 Å². The number of benzene rings is 2. The van der Waals surface area contributed by atoms with Crippen molar-refractivity contribution in [3.63, 3.8) is 0 Å². The Kier molecular flexibility index (Phi) is 5.03. The fraction of sp³-hybridized carbons (Fsp3) is 0.0714. The zero-order valence-corrected chi connectivity index (χ0v) is 12.3. The first kappa shape index (κ1) is 15.6. The summed E-state index contributed by atoms with van der Waals surface area (Å²) in [5, 5.41) is 2.60. The molecule has 2 aromatic rings. The number of nitrogens with one attached hydrogen (secondary N) is 1. The van der Waals surface area contributed by atoms with Gasteiger partial charge in [-0.3, -0.25) is 4.79 Å². The highest BCUT2D eigenvalue weighted by molar-refractivity contribution is 8.00. The highest BCUT2D eigenvalue weighted by atomic mass is 35.5. The zero-order valence-electron chi connectivity index (χ0n) is 10.7. The van der Waals surface area contributed by atoms with Crippen LogP contribution in [0.4, 0.5) is 20.2 Å². The first-order valence-corrected chi connectivity index (χ1v) is 7.25. The van der Waals surface area contributed by atoms with Crippen molar-refractivity contribution in [2.75, 3.05) is 16.8 Å². The van der Waals surface area contributed by atoms with E-state index in [1.807, 2.05) is 0 Å². The summed E-state index contributed by atoms with van der Waals surface area (Å²) < 4.78 is 26.8. The molecule has 2 rings (SSSR count). The van der Waals surface area contributed by atoms with E-state index < -0.39 is 23.2 Å². The lowest BCUT2D eigenvalue weighted by Gasteiger charge is -2.07. The summed E-state index contributed by atoms with van der Waals surface area (Å²) in [6.45, 7) is 0. The lowest BCUT2D eigenvalue weighted by Crippen LogP contribution is -2.16. The van der Waals surface area contributed by atoms with Gasteiger partial charge in [-0.15, -0.1) is 11.8 Å². The number of hydrogen-bond donors (Lipinski definition) is 2. The number of amides is 1. The minimum absolute atomic E-state index is 0.00593. The number of rotatable bonds is 4. The van der Waals surface area contributed by atoms with Gasteiger partial charge in [-0.2, -0.15) is 0 Å². The Hall–Kier alpha value is -1.79. The molecule has 7 heteroatoms. The molecule has 0 fully saturated rings. The molecular formula is C14H11ClF2N2OS. The molecule has 0 saturated heterocycles. The van der Waals surface area contributed by atoms with E-state index in [1.165, 1.54) is 17.8 Å². The van der Waals surface area contributed by atoms with E-state index in [2.05, 4.69) is 5.32 Å². The molecule has 0 aliphatic heterocycles. The number of thioether (sulfide) groups is 1. The SMILES string of the molecule is Nc1ccc(SCC(=O)Nc2c(F)cccc2F)cc1Cl. The lowest BCUT2D eigenvalue weighted by atomic mass is 10.3. The summed E-state index contributed by atoms with van der Waals surface area (Å²) in [6, 6.07) is 8.34. The molecular weight excluding hydrogens is 318 g/mol. The first-order valence-electron chi connectivity index (χ1n) is 5.89. The average Bonchev–Trinajstić information content (AvgIpc) is 2.44. The van der Waals surface area contributed by atoms with E-state index in [9.17, 15) is 13.6 Å². The van der Waals surface area contributed by atoms with Crippen molar-refractivity contribution in [2.24, 2.45) is 0 Å². The second-order valence-corrected chi connectivity index (χ2v) is 5.57. The predicted molar refractivity (Wildman–Crippen MR) is 81.6 cm³/mol. The van der Waals surface area contributed by atoms with Gasteiger partial charge < -0.3 is 11.1 Å². The molecule has 0 atom stereocenters. The summed E-state index contributed by atoms with van der Waals surface area (Å²) >= 11 is 7.05. The Morgan fingerprint density at radius 3 is 2.52 bits per heavy atom. The van der Waals surface area contributed by atoms with Gasteiger partial charge in [-0.1, -0.05) is 17.7 Å². The van der Waals surface area contributed by atoms with Gasteiger partial charge in [0.2, 0.25) is 5.91 Å². The monoisotopic (exact) mass is 328 g/mol. The molecule has 2 aromatic carbocycles.